The first-order valence-corrected chi connectivity index (χ1v) is 11.0. The van der Waals surface area contributed by atoms with Gasteiger partial charge in [-0.15, -0.1) is 0 Å². The van der Waals surface area contributed by atoms with E-state index in [4.69, 9.17) is 9.16 Å². The van der Waals surface area contributed by atoms with Gasteiger partial charge in [0.25, 0.3) is 0 Å². The zero-order valence-electron chi connectivity index (χ0n) is 15.0. The molecule has 1 heterocycles. The lowest BCUT2D eigenvalue weighted by Gasteiger charge is -2.37. The van der Waals surface area contributed by atoms with Gasteiger partial charge in [0.15, 0.2) is 14.1 Å². The Morgan fingerprint density at radius 1 is 1.30 bits per heavy atom. The Balaban J connectivity index is 1.98. The number of fused-ring (bicyclic) bond motifs is 1. The summed E-state index contributed by atoms with van der Waals surface area (Å²) in [4.78, 5) is 2.10. The fraction of sp³-hybridized carbons (Fsp3) is 0.556. The quantitative estimate of drug-likeness (QED) is 0.693. The largest absolute Gasteiger partial charge is 0.461 e. The van der Waals surface area contributed by atoms with Crippen molar-refractivity contribution in [1.29, 1.82) is 0 Å². The molecule has 128 valence electrons. The minimum Gasteiger partial charge on any atom is -0.461 e. The van der Waals surface area contributed by atoms with Crippen LogP contribution in [-0.4, -0.2) is 21.5 Å². The average Bonchev–Trinajstić information content (AvgIpc) is 2.44. The SMILES string of the molecule is C[C@H](CO[Si](C)(C)C(C)(C)C)CN1C=COc2cc(F)ccc21. The maximum atomic E-state index is 13.3. The molecule has 23 heavy (non-hydrogen) atoms. The van der Waals surface area contributed by atoms with Crippen LogP contribution in [0.2, 0.25) is 18.1 Å². The van der Waals surface area contributed by atoms with Crippen molar-refractivity contribution in [2.45, 2.75) is 45.8 Å². The van der Waals surface area contributed by atoms with Gasteiger partial charge in [0, 0.05) is 25.4 Å². The van der Waals surface area contributed by atoms with Crippen LogP contribution in [0.4, 0.5) is 10.1 Å². The predicted molar refractivity (Wildman–Crippen MR) is 95.8 cm³/mol. The first-order chi connectivity index (χ1) is 10.6. The van der Waals surface area contributed by atoms with Gasteiger partial charge in [-0.1, -0.05) is 27.7 Å². The van der Waals surface area contributed by atoms with Crippen LogP contribution in [-0.2, 0) is 4.43 Å². The monoisotopic (exact) mass is 337 g/mol. The third-order valence-corrected chi connectivity index (χ3v) is 9.21. The van der Waals surface area contributed by atoms with Crippen molar-refractivity contribution in [3.8, 4) is 5.75 Å². The summed E-state index contributed by atoms with van der Waals surface area (Å²) in [6.45, 7) is 15.0. The molecule has 1 aromatic carbocycles. The van der Waals surface area contributed by atoms with E-state index >= 15 is 0 Å². The smallest absolute Gasteiger partial charge is 0.191 e. The molecule has 5 heteroatoms. The normalized spacial score (nSPS) is 16.0. The Kier molecular flexibility index (Phi) is 5.21. The van der Waals surface area contributed by atoms with Crippen molar-refractivity contribution in [3.63, 3.8) is 0 Å². The zero-order chi connectivity index (χ0) is 17.3. The van der Waals surface area contributed by atoms with Crippen LogP contribution in [0.3, 0.4) is 0 Å². The molecular weight excluding hydrogens is 309 g/mol. The van der Waals surface area contributed by atoms with E-state index in [0.29, 0.717) is 11.7 Å². The van der Waals surface area contributed by atoms with Crippen molar-refractivity contribution >= 4 is 14.0 Å². The van der Waals surface area contributed by atoms with E-state index in [1.165, 1.54) is 12.1 Å². The molecule has 0 saturated heterocycles. The highest BCUT2D eigenvalue weighted by atomic mass is 28.4. The molecule has 1 aliphatic rings. The molecule has 0 aromatic heterocycles. The molecule has 0 radical (unpaired) electrons. The Labute approximate surface area is 140 Å². The van der Waals surface area contributed by atoms with Gasteiger partial charge in [-0.2, -0.15) is 0 Å². The first-order valence-electron chi connectivity index (χ1n) is 8.13. The molecule has 0 fully saturated rings. The fourth-order valence-electron chi connectivity index (χ4n) is 2.19. The van der Waals surface area contributed by atoms with Gasteiger partial charge in [-0.05, 0) is 36.2 Å². The summed E-state index contributed by atoms with van der Waals surface area (Å²) in [5.41, 5.74) is 0.896. The van der Waals surface area contributed by atoms with Gasteiger partial charge in [-0.25, -0.2) is 4.39 Å². The second-order valence-corrected chi connectivity index (χ2v) is 12.7. The molecule has 1 aliphatic heterocycles. The lowest BCUT2D eigenvalue weighted by molar-refractivity contribution is 0.240. The average molecular weight is 338 g/mol. The van der Waals surface area contributed by atoms with Crippen molar-refractivity contribution < 1.29 is 13.6 Å². The standard InChI is InChI=1S/C18H28FNO2Si/c1-14(13-22-23(5,6)18(2,3)4)12-20-9-10-21-17-11-15(19)7-8-16(17)20/h7-11,14H,12-13H2,1-6H3/t14-/m0/s1. The molecule has 0 N–H and O–H groups in total. The molecule has 0 amide bonds. The van der Waals surface area contributed by atoms with E-state index in [9.17, 15) is 4.39 Å². The van der Waals surface area contributed by atoms with Crippen LogP contribution < -0.4 is 9.64 Å². The summed E-state index contributed by atoms with van der Waals surface area (Å²) in [6, 6.07) is 4.64. The molecule has 0 spiro atoms. The van der Waals surface area contributed by atoms with Crippen LogP contribution in [0.15, 0.2) is 30.7 Å². The van der Waals surface area contributed by atoms with E-state index in [1.807, 2.05) is 6.20 Å². The molecule has 2 rings (SSSR count). The first kappa shape index (κ1) is 18.0. The molecule has 0 saturated carbocycles. The molecule has 0 aliphatic carbocycles. The van der Waals surface area contributed by atoms with Crippen LogP contribution in [0.1, 0.15) is 27.7 Å². The van der Waals surface area contributed by atoms with Gasteiger partial charge in [0.1, 0.15) is 12.1 Å². The van der Waals surface area contributed by atoms with E-state index < -0.39 is 8.32 Å². The third kappa shape index (κ3) is 4.35. The van der Waals surface area contributed by atoms with Crippen molar-refractivity contribution in [1.82, 2.24) is 0 Å². The summed E-state index contributed by atoms with van der Waals surface area (Å²) >= 11 is 0. The number of halogens is 1. The van der Waals surface area contributed by atoms with Gasteiger partial charge >= 0.3 is 0 Å². The van der Waals surface area contributed by atoms with Crippen molar-refractivity contribution in [3.05, 3.63) is 36.5 Å². The number of hydrogen-bond donors (Lipinski definition) is 0. The van der Waals surface area contributed by atoms with E-state index in [-0.39, 0.29) is 10.9 Å². The maximum Gasteiger partial charge on any atom is 0.191 e. The molecule has 1 aromatic rings. The minimum atomic E-state index is -1.72. The maximum absolute atomic E-state index is 13.3. The Hall–Kier alpha value is -1.33. The number of nitrogens with zero attached hydrogens (tertiary/aromatic N) is 1. The topological polar surface area (TPSA) is 21.7 Å². The van der Waals surface area contributed by atoms with Crippen LogP contribution in [0.5, 0.6) is 5.75 Å². The summed E-state index contributed by atoms with van der Waals surface area (Å²) in [5.74, 6) is 0.642. The van der Waals surface area contributed by atoms with Crippen molar-refractivity contribution in [2.24, 2.45) is 5.92 Å². The van der Waals surface area contributed by atoms with E-state index in [2.05, 4.69) is 45.7 Å². The highest BCUT2D eigenvalue weighted by molar-refractivity contribution is 6.74. The van der Waals surface area contributed by atoms with Crippen molar-refractivity contribution in [2.75, 3.05) is 18.1 Å². The second kappa shape index (κ2) is 6.65. The summed E-state index contributed by atoms with van der Waals surface area (Å²) in [6.07, 6.45) is 3.49. The molecule has 3 nitrogen and oxygen atoms in total. The van der Waals surface area contributed by atoms with Crippen LogP contribution >= 0.6 is 0 Å². The number of benzene rings is 1. The lowest BCUT2D eigenvalue weighted by atomic mass is 10.1. The van der Waals surface area contributed by atoms with E-state index in [1.54, 1.807) is 12.3 Å². The Morgan fingerprint density at radius 3 is 2.65 bits per heavy atom. The minimum absolute atomic E-state index is 0.218. The third-order valence-electron chi connectivity index (χ3n) is 4.71. The Bertz CT molecular complexity index is 581. The predicted octanol–water partition coefficient (Wildman–Crippen LogP) is 5.15. The molecule has 0 bridgehead atoms. The summed E-state index contributed by atoms with van der Waals surface area (Å²) < 4.78 is 25.0. The highest BCUT2D eigenvalue weighted by Gasteiger charge is 2.37. The molecule has 0 unspecified atom stereocenters. The number of ether oxygens (including phenoxy) is 1. The molecular formula is C18H28FNO2Si. The van der Waals surface area contributed by atoms with Crippen LogP contribution in [0.25, 0.3) is 0 Å². The highest BCUT2D eigenvalue weighted by Crippen LogP contribution is 2.37. The van der Waals surface area contributed by atoms with Gasteiger partial charge in [0.2, 0.25) is 0 Å². The second-order valence-electron chi connectivity index (χ2n) is 7.84. The number of hydrogen-bond acceptors (Lipinski definition) is 3. The number of anilines is 1. The number of rotatable bonds is 5. The lowest BCUT2D eigenvalue weighted by Crippen LogP contribution is -2.42. The Morgan fingerprint density at radius 2 is 2.00 bits per heavy atom. The van der Waals surface area contributed by atoms with Gasteiger partial charge in [0.05, 0.1) is 5.69 Å². The van der Waals surface area contributed by atoms with Crippen LogP contribution in [0, 0.1) is 11.7 Å². The fourth-order valence-corrected chi connectivity index (χ4v) is 3.33. The summed E-state index contributed by atoms with van der Waals surface area (Å²) in [5, 5.41) is 0.218. The van der Waals surface area contributed by atoms with Gasteiger partial charge in [-0.3, -0.25) is 0 Å². The van der Waals surface area contributed by atoms with Gasteiger partial charge < -0.3 is 14.1 Å². The van der Waals surface area contributed by atoms with E-state index in [0.717, 1.165) is 18.8 Å². The zero-order valence-corrected chi connectivity index (χ0v) is 16.0. The summed E-state index contributed by atoms with van der Waals surface area (Å²) in [7, 11) is -1.72. The molecule has 1 atom stereocenters.